The number of carbonyl (C=O) groups is 2. The van der Waals surface area contributed by atoms with Crippen molar-refractivity contribution in [3.05, 3.63) is 30.3 Å². The molecule has 4 saturated carbocycles. The van der Waals surface area contributed by atoms with E-state index in [1.807, 2.05) is 30.3 Å². The van der Waals surface area contributed by atoms with Crippen LogP contribution < -0.4 is 10.1 Å². The first-order valence-electron chi connectivity index (χ1n) is 9.58. The lowest BCUT2D eigenvalue weighted by atomic mass is 9.47. The van der Waals surface area contributed by atoms with Crippen molar-refractivity contribution in [1.29, 1.82) is 0 Å². The second-order valence-corrected chi connectivity index (χ2v) is 8.95. The Balaban J connectivity index is 1.53. The van der Waals surface area contributed by atoms with E-state index in [1.165, 1.54) is 0 Å². The minimum atomic E-state index is -1.06. The third kappa shape index (κ3) is 2.78. The van der Waals surface area contributed by atoms with Gasteiger partial charge in [0.1, 0.15) is 5.75 Å². The maximum atomic E-state index is 13.0. The zero-order valence-electron chi connectivity index (χ0n) is 15.4. The number of carbonyl (C=O) groups excluding carboxylic acids is 1. The highest BCUT2D eigenvalue weighted by Gasteiger charge is 2.61. The number of hydrogen-bond acceptors (Lipinski definition) is 3. The Kier molecular flexibility index (Phi) is 4.01. The first-order chi connectivity index (χ1) is 12.3. The van der Waals surface area contributed by atoms with Gasteiger partial charge in [0, 0.05) is 6.04 Å². The molecule has 140 valence electrons. The van der Waals surface area contributed by atoms with Gasteiger partial charge in [0.15, 0.2) is 5.60 Å². The Morgan fingerprint density at radius 3 is 2.31 bits per heavy atom. The molecule has 1 aromatic rings. The van der Waals surface area contributed by atoms with E-state index >= 15 is 0 Å². The minimum absolute atomic E-state index is 0.237. The summed E-state index contributed by atoms with van der Waals surface area (Å²) in [6.07, 6.45) is 4.63. The van der Waals surface area contributed by atoms with Crippen LogP contribution in [0.15, 0.2) is 30.3 Å². The van der Waals surface area contributed by atoms with Gasteiger partial charge in [0.05, 0.1) is 5.41 Å². The van der Waals surface area contributed by atoms with Crippen LogP contribution in [0.1, 0.15) is 46.0 Å². The molecule has 5 nitrogen and oxygen atoms in total. The van der Waals surface area contributed by atoms with Crippen LogP contribution >= 0.6 is 0 Å². The number of para-hydroxylation sites is 1. The summed E-state index contributed by atoms with van der Waals surface area (Å²) in [7, 11) is 0. The molecule has 26 heavy (non-hydrogen) atoms. The van der Waals surface area contributed by atoms with E-state index in [4.69, 9.17) is 4.74 Å². The van der Waals surface area contributed by atoms with Crippen LogP contribution in [-0.4, -0.2) is 28.6 Å². The minimum Gasteiger partial charge on any atom is -0.481 e. The molecule has 4 aliphatic rings. The third-order valence-corrected chi connectivity index (χ3v) is 6.69. The maximum absolute atomic E-state index is 13.0. The van der Waals surface area contributed by atoms with Crippen molar-refractivity contribution in [3.8, 4) is 5.75 Å². The molecule has 5 heteroatoms. The summed E-state index contributed by atoms with van der Waals surface area (Å²) in [6, 6.07) is 8.96. The largest absolute Gasteiger partial charge is 0.481 e. The van der Waals surface area contributed by atoms with Crippen LogP contribution in [0.4, 0.5) is 0 Å². The van der Waals surface area contributed by atoms with Crippen molar-refractivity contribution in [2.45, 2.75) is 57.6 Å². The van der Waals surface area contributed by atoms with E-state index in [0.29, 0.717) is 30.4 Å². The highest BCUT2D eigenvalue weighted by molar-refractivity contribution is 5.86. The first kappa shape index (κ1) is 17.4. The fourth-order valence-electron chi connectivity index (χ4n) is 5.75. The Hall–Kier alpha value is -2.04. The van der Waals surface area contributed by atoms with Crippen molar-refractivity contribution in [2.75, 3.05) is 0 Å². The van der Waals surface area contributed by atoms with Crippen LogP contribution in [0.3, 0.4) is 0 Å². The van der Waals surface area contributed by atoms with Gasteiger partial charge < -0.3 is 15.2 Å². The van der Waals surface area contributed by atoms with E-state index in [0.717, 1.165) is 19.3 Å². The molecule has 4 aliphatic carbocycles. The number of rotatable bonds is 5. The molecular weight excluding hydrogens is 330 g/mol. The van der Waals surface area contributed by atoms with Gasteiger partial charge in [-0.2, -0.15) is 0 Å². The highest BCUT2D eigenvalue weighted by atomic mass is 16.5. The van der Waals surface area contributed by atoms with Crippen LogP contribution in [0, 0.1) is 23.2 Å². The number of nitrogens with one attached hydrogen (secondary N) is 1. The molecule has 1 aromatic carbocycles. The Morgan fingerprint density at radius 1 is 1.12 bits per heavy atom. The van der Waals surface area contributed by atoms with E-state index < -0.39 is 17.0 Å². The van der Waals surface area contributed by atoms with Crippen molar-refractivity contribution < 1.29 is 19.4 Å². The molecule has 5 rings (SSSR count). The molecule has 0 saturated heterocycles. The van der Waals surface area contributed by atoms with Gasteiger partial charge in [0.2, 0.25) is 0 Å². The van der Waals surface area contributed by atoms with Crippen LogP contribution in [0.25, 0.3) is 0 Å². The predicted molar refractivity (Wildman–Crippen MR) is 96.7 cm³/mol. The summed E-state index contributed by atoms with van der Waals surface area (Å²) >= 11 is 0. The van der Waals surface area contributed by atoms with Crippen molar-refractivity contribution >= 4 is 11.9 Å². The number of amides is 1. The lowest BCUT2D eigenvalue weighted by Crippen LogP contribution is -2.66. The van der Waals surface area contributed by atoms with Gasteiger partial charge in [-0.3, -0.25) is 9.59 Å². The van der Waals surface area contributed by atoms with Gasteiger partial charge in [0.25, 0.3) is 5.91 Å². The van der Waals surface area contributed by atoms with Crippen molar-refractivity contribution in [3.63, 3.8) is 0 Å². The van der Waals surface area contributed by atoms with Gasteiger partial charge >= 0.3 is 5.97 Å². The molecular formula is C21H27NO4. The maximum Gasteiger partial charge on any atom is 0.311 e. The van der Waals surface area contributed by atoms with E-state index in [9.17, 15) is 14.7 Å². The van der Waals surface area contributed by atoms with Crippen molar-refractivity contribution in [2.24, 2.45) is 23.2 Å². The summed E-state index contributed by atoms with van der Waals surface area (Å²) in [5.41, 5.74) is -1.86. The zero-order valence-corrected chi connectivity index (χ0v) is 15.4. The monoisotopic (exact) mass is 357 g/mol. The Morgan fingerprint density at radius 2 is 1.73 bits per heavy atom. The third-order valence-electron chi connectivity index (χ3n) is 6.69. The molecule has 0 aliphatic heterocycles. The van der Waals surface area contributed by atoms with Gasteiger partial charge in [-0.1, -0.05) is 18.2 Å². The number of carboxylic acid groups (broad SMARTS) is 1. The smallest absolute Gasteiger partial charge is 0.311 e. The van der Waals surface area contributed by atoms with Gasteiger partial charge in [-0.05, 0) is 75.8 Å². The van der Waals surface area contributed by atoms with Crippen LogP contribution in [-0.2, 0) is 9.59 Å². The van der Waals surface area contributed by atoms with E-state index in [-0.39, 0.29) is 17.9 Å². The fourth-order valence-corrected chi connectivity index (χ4v) is 5.75. The Labute approximate surface area is 154 Å². The summed E-state index contributed by atoms with van der Waals surface area (Å²) in [4.78, 5) is 25.2. The van der Waals surface area contributed by atoms with Crippen molar-refractivity contribution in [1.82, 2.24) is 5.32 Å². The summed E-state index contributed by atoms with van der Waals surface area (Å²) < 4.78 is 5.89. The molecule has 4 fully saturated rings. The molecule has 2 N–H and O–H groups in total. The highest BCUT2D eigenvalue weighted by Crippen LogP contribution is 2.60. The number of ether oxygens (including phenoxy) is 1. The molecule has 3 unspecified atom stereocenters. The van der Waals surface area contributed by atoms with E-state index in [2.05, 4.69) is 5.32 Å². The molecule has 0 radical (unpaired) electrons. The van der Waals surface area contributed by atoms with Gasteiger partial charge in [-0.15, -0.1) is 0 Å². The molecule has 4 bridgehead atoms. The summed E-state index contributed by atoms with van der Waals surface area (Å²) in [5, 5.41) is 13.1. The van der Waals surface area contributed by atoms with Crippen LogP contribution in [0.2, 0.25) is 0 Å². The van der Waals surface area contributed by atoms with Gasteiger partial charge in [-0.25, -0.2) is 0 Å². The fraction of sp³-hybridized carbons (Fsp3) is 0.619. The number of aliphatic carboxylic acids is 1. The number of carboxylic acids is 1. The number of hydrogen-bond donors (Lipinski definition) is 2. The molecule has 0 aromatic heterocycles. The zero-order chi connectivity index (χ0) is 18.5. The molecule has 0 heterocycles. The molecule has 3 atom stereocenters. The predicted octanol–water partition coefficient (Wildman–Crippen LogP) is 3.24. The SMILES string of the molecule is CC(C)(Oc1ccccc1)C(=O)NC1C2CC3CC(C2)CC1(C(=O)O)C3. The van der Waals surface area contributed by atoms with Crippen LogP contribution in [0.5, 0.6) is 5.75 Å². The summed E-state index contributed by atoms with van der Waals surface area (Å²) in [5.74, 6) is 0.929. The van der Waals surface area contributed by atoms with E-state index in [1.54, 1.807) is 13.8 Å². The quantitative estimate of drug-likeness (QED) is 0.848. The number of benzene rings is 1. The molecule has 0 spiro atoms. The second kappa shape index (κ2) is 6.00. The Bertz CT molecular complexity index is 700. The average molecular weight is 357 g/mol. The lowest BCUT2D eigenvalue weighted by Gasteiger charge is -2.59. The summed E-state index contributed by atoms with van der Waals surface area (Å²) in [6.45, 7) is 3.47. The first-order valence-corrected chi connectivity index (χ1v) is 9.58. The average Bonchev–Trinajstić information content (AvgIpc) is 2.57. The topological polar surface area (TPSA) is 75.6 Å². The second-order valence-electron chi connectivity index (χ2n) is 8.95. The normalized spacial score (nSPS) is 35.2. The lowest BCUT2D eigenvalue weighted by molar-refractivity contribution is -0.172. The standard InChI is InChI=1S/C21H27NO4/c1-20(2,26-16-6-4-3-5-7-16)18(23)22-17-15-9-13-8-14(10-15)12-21(17,11-13)19(24)25/h3-7,13-15,17H,8-12H2,1-2H3,(H,22,23)(H,24,25). The molecule has 1 amide bonds.